The standard InChI is InChI=1S/C26H21F2N3O3S/c1-26(2,32)10-8-16-9-11-29-22-6-4-17(12-20(16)22)18-13-23(25(34-3)30-15-18)31-35(33)24-7-5-19(27)14-21(24)28/h4-7,9,11-15,31-32H,1-3H3. The Hall–Kier alpha value is -3.87. The number of aromatic nitrogens is 2. The Kier molecular flexibility index (Phi) is 6.78. The van der Waals surface area contributed by atoms with Crippen LogP contribution in [-0.4, -0.2) is 32.0 Å². The molecular weight excluding hydrogens is 472 g/mol. The van der Waals surface area contributed by atoms with Crippen LogP contribution in [0.3, 0.4) is 0 Å². The monoisotopic (exact) mass is 493 g/mol. The van der Waals surface area contributed by atoms with Crippen LogP contribution >= 0.6 is 0 Å². The predicted octanol–water partition coefficient (Wildman–Crippen LogP) is 4.84. The molecule has 1 atom stereocenters. The van der Waals surface area contributed by atoms with E-state index in [0.29, 0.717) is 17.2 Å². The number of anilines is 1. The summed E-state index contributed by atoms with van der Waals surface area (Å²) in [7, 11) is -0.625. The minimum atomic E-state index is -2.03. The smallest absolute Gasteiger partial charge is 0.238 e. The van der Waals surface area contributed by atoms with Gasteiger partial charge in [0.15, 0.2) is 11.0 Å². The minimum absolute atomic E-state index is 0.156. The summed E-state index contributed by atoms with van der Waals surface area (Å²) >= 11 is 0. The van der Waals surface area contributed by atoms with Crippen molar-refractivity contribution in [2.45, 2.75) is 24.3 Å². The van der Waals surface area contributed by atoms with Crippen LogP contribution < -0.4 is 9.46 Å². The first-order valence-electron chi connectivity index (χ1n) is 10.5. The second-order valence-corrected chi connectivity index (χ2v) is 9.31. The quantitative estimate of drug-likeness (QED) is 0.389. The van der Waals surface area contributed by atoms with E-state index >= 15 is 0 Å². The zero-order chi connectivity index (χ0) is 25.2. The van der Waals surface area contributed by atoms with E-state index in [1.807, 2.05) is 18.2 Å². The number of nitrogens with zero attached hydrogens (tertiary/aromatic N) is 2. The molecule has 4 rings (SSSR count). The Bertz CT molecular complexity index is 1510. The van der Waals surface area contributed by atoms with Crippen LogP contribution in [0.15, 0.2) is 65.8 Å². The second-order valence-electron chi connectivity index (χ2n) is 8.13. The molecule has 6 nitrogen and oxygen atoms in total. The summed E-state index contributed by atoms with van der Waals surface area (Å²) in [6, 6.07) is 11.8. The van der Waals surface area contributed by atoms with Gasteiger partial charge in [-0.2, -0.15) is 0 Å². The number of pyridine rings is 2. The third kappa shape index (κ3) is 5.62. The molecule has 2 N–H and O–H groups in total. The molecule has 178 valence electrons. The molecule has 35 heavy (non-hydrogen) atoms. The Morgan fingerprint density at radius 3 is 2.57 bits per heavy atom. The van der Waals surface area contributed by atoms with Crippen molar-refractivity contribution in [3.63, 3.8) is 0 Å². The summed E-state index contributed by atoms with van der Waals surface area (Å²) in [5, 5.41) is 10.7. The number of benzene rings is 2. The lowest BCUT2D eigenvalue weighted by molar-refractivity contribution is 0.143. The summed E-state index contributed by atoms with van der Waals surface area (Å²) in [5.74, 6) is 4.27. The highest BCUT2D eigenvalue weighted by atomic mass is 32.2. The largest absolute Gasteiger partial charge is 0.480 e. The normalized spacial score (nSPS) is 12.1. The lowest BCUT2D eigenvalue weighted by Gasteiger charge is -2.13. The van der Waals surface area contributed by atoms with Crippen molar-refractivity contribution in [1.82, 2.24) is 9.97 Å². The first-order valence-corrected chi connectivity index (χ1v) is 11.6. The van der Waals surface area contributed by atoms with E-state index in [0.717, 1.165) is 28.6 Å². The van der Waals surface area contributed by atoms with E-state index in [1.165, 1.54) is 7.11 Å². The van der Waals surface area contributed by atoms with Crippen LogP contribution in [-0.2, 0) is 11.0 Å². The van der Waals surface area contributed by atoms with E-state index in [4.69, 9.17) is 4.74 Å². The molecule has 0 aliphatic rings. The minimum Gasteiger partial charge on any atom is -0.480 e. The van der Waals surface area contributed by atoms with E-state index in [2.05, 4.69) is 26.5 Å². The number of nitrogens with one attached hydrogen (secondary N) is 1. The van der Waals surface area contributed by atoms with Crippen molar-refractivity contribution in [3.8, 4) is 28.8 Å². The van der Waals surface area contributed by atoms with Gasteiger partial charge in [-0.25, -0.2) is 18.0 Å². The van der Waals surface area contributed by atoms with Crippen molar-refractivity contribution in [3.05, 3.63) is 78.1 Å². The summed E-state index contributed by atoms with van der Waals surface area (Å²) in [6.07, 6.45) is 3.24. The van der Waals surface area contributed by atoms with Crippen LogP contribution in [0.5, 0.6) is 5.88 Å². The number of rotatable bonds is 5. The number of fused-ring (bicyclic) bond motifs is 1. The lowest BCUT2D eigenvalue weighted by atomic mass is 10.0. The molecule has 2 heterocycles. The van der Waals surface area contributed by atoms with Gasteiger partial charge in [-0.3, -0.25) is 9.71 Å². The molecule has 0 amide bonds. The van der Waals surface area contributed by atoms with Gasteiger partial charge in [0.05, 0.1) is 17.5 Å². The predicted molar refractivity (Wildman–Crippen MR) is 131 cm³/mol. The summed E-state index contributed by atoms with van der Waals surface area (Å²) in [5.41, 5.74) is 1.98. The summed E-state index contributed by atoms with van der Waals surface area (Å²) < 4.78 is 48.0. The van der Waals surface area contributed by atoms with Gasteiger partial charge in [0, 0.05) is 35.0 Å². The summed E-state index contributed by atoms with van der Waals surface area (Å²) in [6.45, 7) is 3.21. The molecule has 0 aliphatic heterocycles. The zero-order valence-electron chi connectivity index (χ0n) is 19.1. The number of hydrogen-bond acceptors (Lipinski definition) is 5. The molecule has 2 aromatic heterocycles. The topological polar surface area (TPSA) is 84.3 Å². The van der Waals surface area contributed by atoms with Gasteiger partial charge < -0.3 is 9.84 Å². The molecule has 0 saturated heterocycles. The molecule has 4 aromatic rings. The molecule has 0 bridgehead atoms. The van der Waals surface area contributed by atoms with E-state index in [-0.39, 0.29) is 16.5 Å². The fourth-order valence-electron chi connectivity index (χ4n) is 3.28. The fourth-order valence-corrected chi connectivity index (χ4v) is 4.16. The maximum atomic E-state index is 14.1. The highest BCUT2D eigenvalue weighted by Gasteiger charge is 2.16. The fraction of sp³-hybridized carbons (Fsp3) is 0.154. The third-order valence-corrected chi connectivity index (χ3v) is 6.05. The van der Waals surface area contributed by atoms with E-state index in [9.17, 15) is 18.1 Å². The van der Waals surface area contributed by atoms with E-state index in [1.54, 1.807) is 38.4 Å². The average Bonchev–Trinajstić information content (AvgIpc) is 2.81. The van der Waals surface area contributed by atoms with Gasteiger partial charge in [-0.15, -0.1) is 0 Å². The molecule has 0 spiro atoms. The van der Waals surface area contributed by atoms with Crippen LogP contribution in [0, 0.1) is 23.5 Å². The average molecular weight is 494 g/mol. The first kappa shape index (κ1) is 24.3. The van der Waals surface area contributed by atoms with Crippen LogP contribution in [0.4, 0.5) is 14.5 Å². The Balaban J connectivity index is 1.73. The molecule has 0 radical (unpaired) electrons. The maximum Gasteiger partial charge on any atom is 0.238 e. The Labute approximate surface area is 203 Å². The summed E-state index contributed by atoms with van der Waals surface area (Å²) in [4.78, 5) is 8.45. The van der Waals surface area contributed by atoms with Crippen molar-refractivity contribution >= 4 is 27.6 Å². The Morgan fingerprint density at radius 2 is 1.86 bits per heavy atom. The molecule has 9 heteroatoms. The maximum absolute atomic E-state index is 14.1. The number of halogens is 2. The molecular formula is C26H21F2N3O3S. The first-order chi connectivity index (χ1) is 16.6. The van der Waals surface area contributed by atoms with Crippen molar-refractivity contribution in [2.24, 2.45) is 0 Å². The van der Waals surface area contributed by atoms with E-state index < -0.39 is 28.2 Å². The van der Waals surface area contributed by atoms with Gasteiger partial charge in [0.2, 0.25) is 5.88 Å². The number of ether oxygens (including phenoxy) is 1. The SMILES string of the molecule is COc1ncc(-c2ccc3nccc(C#CC(C)(C)O)c3c2)cc1NS(=O)c1ccc(F)cc1F. The molecule has 1 unspecified atom stereocenters. The van der Waals surface area contributed by atoms with Gasteiger partial charge in [-0.05, 0) is 55.8 Å². The highest BCUT2D eigenvalue weighted by molar-refractivity contribution is 7.86. The van der Waals surface area contributed by atoms with Gasteiger partial charge in [0.25, 0.3) is 0 Å². The van der Waals surface area contributed by atoms with Crippen LogP contribution in [0.25, 0.3) is 22.0 Å². The lowest BCUT2D eigenvalue weighted by Crippen LogP contribution is -2.14. The molecule has 0 saturated carbocycles. The molecule has 2 aromatic carbocycles. The number of aliphatic hydroxyl groups is 1. The highest BCUT2D eigenvalue weighted by Crippen LogP contribution is 2.31. The van der Waals surface area contributed by atoms with Crippen molar-refractivity contribution in [2.75, 3.05) is 11.8 Å². The molecule has 0 aliphatic carbocycles. The number of methoxy groups -OCH3 is 1. The van der Waals surface area contributed by atoms with Crippen molar-refractivity contribution in [1.29, 1.82) is 0 Å². The van der Waals surface area contributed by atoms with Crippen molar-refractivity contribution < 1.29 is 22.8 Å². The van der Waals surface area contributed by atoms with Crippen LogP contribution in [0.2, 0.25) is 0 Å². The zero-order valence-corrected chi connectivity index (χ0v) is 19.9. The second kappa shape index (κ2) is 9.78. The number of hydrogen-bond donors (Lipinski definition) is 2. The van der Waals surface area contributed by atoms with Gasteiger partial charge in [-0.1, -0.05) is 17.9 Å². The third-order valence-electron chi connectivity index (χ3n) is 4.92. The Morgan fingerprint density at radius 1 is 1.06 bits per heavy atom. The van der Waals surface area contributed by atoms with Crippen LogP contribution in [0.1, 0.15) is 19.4 Å². The van der Waals surface area contributed by atoms with Gasteiger partial charge in [0.1, 0.15) is 22.9 Å². The van der Waals surface area contributed by atoms with Gasteiger partial charge >= 0.3 is 0 Å². The molecule has 0 fully saturated rings.